The monoisotopic (exact) mass is 341 g/mol. The summed E-state index contributed by atoms with van der Waals surface area (Å²) in [4.78, 5) is 31.2. The fourth-order valence-corrected chi connectivity index (χ4v) is 2.00. The molecule has 3 aromatic heterocycles. The molecule has 0 bridgehead atoms. The first-order chi connectivity index (χ1) is 11.3. The Morgan fingerprint density at radius 3 is 2.79 bits per heavy atom. The number of ether oxygens (including phenoxy) is 1. The van der Waals surface area contributed by atoms with E-state index in [1.54, 1.807) is 0 Å². The second-order valence-corrected chi connectivity index (χ2v) is 4.79. The van der Waals surface area contributed by atoms with Crippen molar-refractivity contribution in [2.75, 3.05) is 6.61 Å². The third-order valence-corrected chi connectivity index (χ3v) is 3.06. The maximum atomic E-state index is 12.3. The highest BCUT2D eigenvalue weighted by atomic mass is 19.4. The van der Waals surface area contributed by atoms with Gasteiger partial charge < -0.3 is 9.72 Å². The highest BCUT2D eigenvalue weighted by Crippen LogP contribution is 2.25. The SMILES string of the molecule is O=c1[nH]cc(-c2cc(OCCC(F)(F)F)c3nccn3n2)c(=O)[nH]1. The normalized spacial score (nSPS) is 11.8. The summed E-state index contributed by atoms with van der Waals surface area (Å²) in [5.41, 5.74) is -1.02. The van der Waals surface area contributed by atoms with Crippen LogP contribution in [0.4, 0.5) is 13.2 Å². The first-order valence-corrected chi connectivity index (χ1v) is 6.70. The number of halogens is 3. The number of hydrogen-bond donors (Lipinski definition) is 2. The second kappa shape index (κ2) is 5.83. The molecule has 0 unspecified atom stereocenters. The zero-order chi connectivity index (χ0) is 17.3. The molecule has 0 spiro atoms. The summed E-state index contributed by atoms with van der Waals surface area (Å²) in [5.74, 6) is 0.0415. The van der Waals surface area contributed by atoms with Crippen LogP contribution in [0.1, 0.15) is 6.42 Å². The molecule has 11 heteroatoms. The summed E-state index contributed by atoms with van der Waals surface area (Å²) in [6, 6.07) is 1.29. The molecule has 3 rings (SSSR count). The predicted molar refractivity (Wildman–Crippen MR) is 75.8 cm³/mol. The molecule has 0 atom stereocenters. The van der Waals surface area contributed by atoms with Gasteiger partial charge in [-0.3, -0.25) is 9.78 Å². The van der Waals surface area contributed by atoms with Crippen LogP contribution in [0.2, 0.25) is 0 Å². The number of hydrogen-bond acceptors (Lipinski definition) is 5. The number of imidazole rings is 1. The fourth-order valence-electron chi connectivity index (χ4n) is 2.00. The van der Waals surface area contributed by atoms with E-state index in [0.29, 0.717) is 0 Å². The van der Waals surface area contributed by atoms with Crippen molar-refractivity contribution in [3.05, 3.63) is 45.5 Å². The minimum Gasteiger partial charge on any atom is -0.489 e. The molecule has 3 aromatic rings. The molecule has 0 amide bonds. The Hall–Kier alpha value is -3.11. The van der Waals surface area contributed by atoms with Crippen molar-refractivity contribution in [1.29, 1.82) is 0 Å². The smallest absolute Gasteiger partial charge is 0.392 e. The fraction of sp³-hybridized carbons (Fsp3) is 0.231. The molecule has 24 heavy (non-hydrogen) atoms. The summed E-state index contributed by atoms with van der Waals surface area (Å²) < 4.78 is 43.2. The minimum atomic E-state index is -4.35. The lowest BCUT2D eigenvalue weighted by molar-refractivity contribution is -0.139. The van der Waals surface area contributed by atoms with Gasteiger partial charge >= 0.3 is 11.9 Å². The van der Waals surface area contributed by atoms with E-state index < -0.39 is 30.5 Å². The Bertz CT molecular complexity index is 989. The van der Waals surface area contributed by atoms with Crippen LogP contribution < -0.4 is 16.0 Å². The summed E-state index contributed by atoms with van der Waals surface area (Å²) in [6.07, 6.45) is -1.48. The van der Waals surface area contributed by atoms with Gasteiger partial charge in [-0.1, -0.05) is 0 Å². The number of rotatable bonds is 4. The first-order valence-electron chi connectivity index (χ1n) is 6.70. The number of fused-ring (bicyclic) bond motifs is 1. The molecule has 0 aromatic carbocycles. The van der Waals surface area contributed by atoms with E-state index in [1.165, 1.54) is 23.0 Å². The van der Waals surface area contributed by atoms with Crippen LogP contribution in [0.15, 0.2) is 34.2 Å². The number of aromatic nitrogens is 5. The zero-order valence-corrected chi connectivity index (χ0v) is 11.9. The first kappa shape index (κ1) is 15.8. The quantitative estimate of drug-likeness (QED) is 0.739. The Kier molecular flexibility index (Phi) is 3.83. The van der Waals surface area contributed by atoms with Gasteiger partial charge in [-0.15, -0.1) is 0 Å². The van der Waals surface area contributed by atoms with Gasteiger partial charge in [0.2, 0.25) is 0 Å². The van der Waals surface area contributed by atoms with Crippen molar-refractivity contribution >= 4 is 5.65 Å². The van der Waals surface area contributed by atoms with Crippen LogP contribution in [0.25, 0.3) is 16.9 Å². The van der Waals surface area contributed by atoms with Gasteiger partial charge in [-0.25, -0.2) is 14.3 Å². The van der Waals surface area contributed by atoms with Gasteiger partial charge in [-0.2, -0.15) is 18.3 Å². The predicted octanol–water partition coefficient (Wildman–Crippen LogP) is 1.10. The Balaban J connectivity index is 2.01. The van der Waals surface area contributed by atoms with Crippen LogP contribution in [0.3, 0.4) is 0 Å². The lowest BCUT2D eigenvalue weighted by Crippen LogP contribution is -2.23. The van der Waals surface area contributed by atoms with E-state index in [-0.39, 0.29) is 22.7 Å². The summed E-state index contributed by atoms with van der Waals surface area (Å²) in [7, 11) is 0. The lowest BCUT2D eigenvalue weighted by Gasteiger charge is -2.10. The molecule has 0 fully saturated rings. The molecular formula is C13H10F3N5O3. The van der Waals surface area contributed by atoms with E-state index in [4.69, 9.17) is 4.74 Å². The van der Waals surface area contributed by atoms with Crippen molar-refractivity contribution in [3.8, 4) is 17.0 Å². The summed E-state index contributed by atoms with van der Waals surface area (Å²) in [6.45, 7) is -0.600. The number of aromatic amines is 2. The highest BCUT2D eigenvalue weighted by Gasteiger charge is 2.27. The summed E-state index contributed by atoms with van der Waals surface area (Å²) >= 11 is 0. The average Bonchev–Trinajstić information content (AvgIpc) is 2.94. The van der Waals surface area contributed by atoms with Gasteiger partial charge in [0.15, 0.2) is 11.4 Å². The maximum absolute atomic E-state index is 12.3. The highest BCUT2D eigenvalue weighted by molar-refractivity contribution is 5.64. The average molecular weight is 341 g/mol. The number of nitrogens with one attached hydrogen (secondary N) is 2. The topological polar surface area (TPSA) is 105 Å². The Labute approximate surface area is 130 Å². The van der Waals surface area contributed by atoms with Crippen molar-refractivity contribution < 1.29 is 17.9 Å². The van der Waals surface area contributed by atoms with E-state index in [1.807, 2.05) is 4.98 Å². The van der Waals surface area contributed by atoms with E-state index >= 15 is 0 Å². The maximum Gasteiger partial charge on any atom is 0.392 e. The molecule has 0 aliphatic rings. The molecule has 0 aliphatic carbocycles. The third-order valence-electron chi connectivity index (χ3n) is 3.06. The van der Waals surface area contributed by atoms with Crippen LogP contribution in [-0.2, 0) is 0 Å². The van der Waals surface area contributed by atoms with E-state index in [2.05, 4.69) is 15.1 Å². The van der Waals surface area contributed by atoms with Gasteiger partial charge in [0.25, 0.3) is 5.56 Å². The number of H-pyrrole nitrogens is 2. The van der Waals surface area contributed by atoms with Gasteiger partial charge in [0.1, 0.15) is 5.69 Å². The van der Waals surface area contributed by atoms with Gasteiger partial charge in [-0.05, 0) is 0 Å². The molecule has 8 nitrogen and oxygen atoms in total. The molecule has 2 N–H and O–H groups in total. The zero-order valence-electron chi connectivity index (χ0n) is 11.9. The van der Waals surface area contributed by atoms with Crippen LogP contribution in [0, 0.1) is 0 Å². The van der Waals surface area contributed by atoms with Gasteiger partial charge in [0, 0.05) is 24.7 Å². The van der Waals surface area contributed by atoms with Crippen molar-refractivity contribution in [2.45, 2.75) is 12.6 Å². The minimum absolute atomic E-state index is 0.0332. The Morgan fingerprint density at radius 1 is 1.29 bits per heavy atom. The van der Waals surface area contributed by atoms with Crippen LogP contribution in [-0.4, -0.2) is 37.3 Å². The molecule has 0 saturated carbocycles. The summed E-state index contributed by atoms with van der Waals surface area (Å²) in [5, 5.41) is 4.12. The Morgan fingerprint density at radius 2 is 2.08 bits per heavy atom. The molecular weight excluding hydrogens is 331 g/mol. The van der Waals surface area contributed by atoms with E-state index in [0.717, 1.165) is 6.20 Å². The molecule has 0 aliphatic heterocycles. The number of nitrogens with zero attached hydrogens (tertiary/aromatic N) is 3. The van der Waals surface area contributed by atoms with Crippen molar-refractivity contribution in [2.24, 2.45) is 0 Å². The van der Waals surface area contributed by atoms with Gasteiger partial charge in [0.05, 0.1) is 18.6 Å². The van der Waals surface area contributed by atoms with E-state index in [9.17, 15) is 22.8 Å². The van der Waals surface area contributed by atoms with Crippen molar-refractivity contribution in [3.63, 3.8) is 0 Å². The second-order valence-electron chi connectivity index (χ2n) is 4.79. The third kappa shape index (κ3) is 3.29. The van der Waals surface area contributed by atoms with Crippen LogP contribution in [0.5, 0.6) is 5.75 Å². The molecule has 0 saturated heterocycles. The van der Waals surface area contributed by atoms with Crippen LogP contribution >= 0.6 is 0 Å². The number of alkyl halides is 3. The molecule has 126 valence electrons. The largest absolute Gasteiger partial charge is 0.489 e. The molecule has 0 radical (unpaired) electrons. The molecule has 3 heterocycles. The standard InChI is InChI=1S/C13H10F3N5O3/c14-13(15,16)1-4-24-9-5-8(20-21-3-2-17-10(9)21)7-6-18-12(23)19-11(7)22/h2-3,5-6H,1,4H2,(H2,18,19,22,23). The van der Waals surface area contributed by atoms with Crippen molar-refractivity contribution in [1.82, 2.24) is 24.6 Å². The lowest BCUT2D eigenvalue weighted by atomic mass is 10.2.